The van der Waals surface area contributed by atoms with E-state index in [9.17, 15) is 0 Å². The second-order valence-electron chi connectivity index (χ2n) is 6.54. The van der Waals surface area contributed by atoms with Crippen LogP contribution in [0.5, 0.6) is 0 Å². The first-order valence-electron chi connectivity index (χ1n) is 7.21. The van der Waals surface area contributed by atoms with Crippen LogP contribution >= 0.6 is 0 Å². The number of nitrogens with one attached hydrogen (secondary N) is 1. The third-order valence-electron chi connectivity index (χ3n) is 3.52. The maximum Gasteiger partial charge on any atom is 0.122 e. The van der Waals surface area contributed by atoms with Crippen LogP contribution in [0, 0.1) is 0 Å². The van der Waals surface area contributed by atoms with Gasteiger partial charge >= 0.3 is 0 Å². The number of hydrogen-bond donors (Lipinski definition) is 1. The Morgan fingerprint density at radius 1 is 1.42 bits per heavy atom. The van der Waals surface area contributed by atoms with Gasteiger partial charge in [0.05, 0.1) is 6.54 Å². The first kappa shape index (κ1) is 16.2. The largest absolute Gasteiger partial charge is 0.337 e. The maximum absolute atomic E-state index is 4.38. The van der Waals surface area contributed by atoms with Gasteiger partial charge in [-0.2, -0.15) is 0 Å². The van der Waals surface area contributed by atoms with E-state index >= 15 is 0 Å². The molecule has 0 bridgehead atoms. The van der Waals surface area contributed by atoms with Gasteiger partial charge in [0.1, 0.15) is 5.82 Å². The molecular weight excluding hydrogens is 236 g/mol. The molecule has 4 nitrogen and oxygen atoms in total. The van der Waals surface area contributed by atoms with Gasteiger partial charge in [0.2, 0.25) is 0 Å². The minimum Gasteiger partial charge on any atom is -0.337 e. The standard InChI is InChI=1S/C15H30N4/c1-13(8-7-9-17-15(2,3)4)19(6)12-14-16-10-11-18(14)5/h10-11,13,17H,7-9,12H2,1-6H3. The van der Waals surface area contributed by atoms with Crippen LogP contribution in [0.1, 0.15) is 46.4 Å². The molecule has 110 valence electrons. The summed E-state index contributed by atoms with van der Waals surface area (Å²) in [5.74, 6) is 1.13. The van der Waals surface area contributed by atoms with Crippen molar-refractivity contribution >= 4 is 0 Å². The Morgan fingerprint density at radius 3 is 2.63 bits per heavy atom. The maximum atomic E-state index is 4.38. The van der Waals surface area contributed by atoms with Crippen LogP contribution in [0.4, 0.5) is 0 Å². The first-order valence-corrected chi connectivity index (χ1v) is 7.21. The molecule has 0 aliphatic heterocycles. The zero-order valence-corrected chi connectivity index (χ0v) is 13.4. The van der Waals surface area contributed by atoms with E-state index < -0.39 is 0 Å². The molecule has 0 saturated heterocycles. The molecule has 0 aliphatic rings. The lowest BCUT2D eigenvalue weighted by molar-refractivity contribution is 0.225. The molecule has 1 aromatic heterocycles. The Kier molecular flexibility index (Phi) is 6.01. The van der Waals surface area contributed by atoms with Crippen LogP contribution < -0.4 is 5.32 Å². The topological polar surface area (TPSA) is 33.1 Å². The Balaban J connectivity index is 2.25. The second-order valence-corrected chi connectivity index (χ2v) is 6.54. The molecule has 0 spiro atoms. The van der Waals surface area contributed by atoms with Crippen molar-refractivity contribution in [3.63, 3.8) is 0 Å². The SMILES string of the molecule is CC(CCCNC(C)(C)C)N(C)Cc1nccn1C. The third-order valence-corrected chi connectivity index (χ3v) is 3.52. The summed E-state index contributed by atoms with van der Waals surface area (Å²) < 4.78 is 2.09. The van der Waals surface area contributed by atoms with Crippen molar-refractivity contribution < 1.29 is 0 Å². The van der Waals surface area contributed by atoms with E-state index in [1.54, 1.807) is 0 Å². The van der Waals surface area contributed by atoms with E-state index in [1.165, 1.54) is 12.8 Å². The molecule has 0 aliphatic carbocycles. The fraction of sp³-hybridized carbons (Fsp3) is 0.800. The summed E-state index contributed by atoms with van der Waals surface area (Å²) in [6.45, 7) is 10.9. The molecular formula is C15H30N4. The molecule has 0 saturated carbocycles. The highest BCUT2D eigenvalue weighted by Crippen LogP contribution is 2.09. The zero-order chi connectivity index (χ0) is 14.5. The molecule has 1 rings (SSSR count). The Hall–Kier alpha value is -0.870. The van der Waals surface area contributed by atoms with Gasteiger partial charge in [0, 0.05) is 31.0 Å². The van der Waals surface area contributed by atoms with Gasteiger partial charge in [0.25, 0.3) is 0 Å². The van der Waals surface area contributed by atoms with Crippen molar-refractivity contribution in [3.8, 4) is 0 Å². The van der Waals surface area contributed by atoms with Crippen LogP contribution in [-0.4, -0.2) is 39.6 Å². The molecule has 1 atom stereocenters. The Labute approximate surface area is 118 Å². The number of aromatic nitrogens is 2. The lowest BCUT2D eigenvalue weighted by Gasteiger charge is -2.25. The molecule has 0 fully saturated rings. The molecule has 1 aromatic rings. The minimum absolute atomic E-state index is 0.224. The number of imidazole rings is 1. The van der Waals surface area contributed by atoms with Crippen LogP contribution in [0.25, 0.3) is 0 Å². The number of hydrogen-bond acceptors (Lipinski definition) is 3. The van der Waals surface area contributed by atoms with E-state index in [2.05, 4.69) is 54.5 Å². The van der Waals surface area contributed by atoms with Crippen molar-refractivity contribution in [2.24, 2.45) is 7.05 Å². The molecule has 1 heterocycles. The van der Waals surface area contributed by atoms with Gasteiger partial charge in [-0.3, -0.25) is 4.90 Å². The Morgan fingerprint density at radius 2 is 2.11 bits per heavy atom. The highest BCUT2D eigenvalue weighted by molar-refractivity contribution is 4.91. The fourth-order valence-electron chi connectivity index (χ4n) is 2.01. The summed E-state index contributed by atoms with van der Waals surface area (Å²) in [5.41, 5.74) is 0.224. The van der Waals surface area contributed by atoms with Crippen molar-refractivity contribution in [1.82, 2.24) is 19.8 Å². The second kappa shape index (κ2) is 7.06. The van der Waals surface area contributed by atoms with E-state index in [0.29, 0.717) is 6.04 Å². The molecule has 0 radical (unpaired) electrons. The molecule has 4 heteroatoms. The number of aryl methyl sites for hydroxylation is 1. The number of nitrogens with zero attached hydrogens (tertiary/aromatic N) is 3. The molecule has 1 N–H and O–H groups in total. The Bertz CT molecular complexity index is 364. The zero-order valence-electron chi connectivity index (χ0n) is 13.4. The molecule has 0 amide bonds. The highest BCUT2D eigenvalue weighted by atomic mass is 15.2. The third kappa shape index (κ3) is 6.21. The van der Waals surface area contributed by atoms with E-state index in [-0.39, 0.29) is 5.54 Å². The van der Waals surface area contributed by atoms with E-state index in [4.69, 9.17) is 0 Å². The lowest BCUT2D eigenvalue weighted by Crippen LogP contribution is -2.37. The van der Waals surface area contributed by atoms with Crippen molar-refractivity contribution in [1.29, 1.82) is 0 Å². The van der Waals surface area contributed by atoms with Crippen LogP contribution in [0.3, 0.4) is 0 Å². The summed E-state index contributed by atoms with van der Waals surface area (Å²) in [5, 5.41) is 3.54. The normalized spacial score (nSPS) is 14.1. The van der Waals surface area contributed by atoms with Crippen LogP contribution in [-0.2, 0) is 13.6 Å². The monoisotopic (exact) mass is 266 g/mol. The summed E-state index contributed by atoms with van der Waals surface area (Å²) >= 11 is 0. The van der Waals surface area contributed by atoms with Gasteiger partial charge < -0.3 is 9.88 Å². The van der Waals surface area contributed by atoms with Gasteiger partial charge in [-0.25, -0.2) is 4.98 Å². The quantitative estimate of drug-likeness (QED) is 0.769. The van der Waals surface area contributed by atoms with Crippen LogP contribution in [0.15, 0.2) is 12.4 Å². The average molecular weight is 266 g/mol. The number of rotatable bonds is 7. The molecule has 0 aromatic carbocycles. The van der Waals surface area contributed by atoms with Crippen molar-refractivity contribution in [2.75, 3.05) is 13.6 Å². The molecule has 1 unspecified atom stereocenters. The van der Waals surface area contributed by atoms with E-state index in [1.807, 2.05) is 19.4 Å². The first-order chi connectivity index (χ1) is 8.79. The van der Waals surface area contributed by atoms with Gasteiger partial charge in [-0.1, -0.05) is 0 Å². The summed E-state index contributed by atoms with van der Waals surface area (Å²) in [6, 6.07) is 0.582. The predicted molar refractivity (Wildman–Crippen MR) is 81.1 cm³/mol. The predicted octanol–water partition coefficient (Wildman–Crippen LogP) is 2.41. The minimum atomic E-state index is 0.224. The van der Waals surface area contributed by atoms with E-state index in [0.717, 1.165) is 18.9 Å². The summed E-state index contributed by atoms with van der Waals surface area (Å²) in [4.78, 5) is 6.75. The van der Waals surface area contributed by atoms with Gasteiger partial charge in [0.15, 0.2) is 0 Å². The van der Waals surface area contributed by atoms with Crippen molar-refractivity contribution in [2.45, 2.75) is 58.7 Å². The highest BCUT2D eigenvalue weighted by Gasteiger charge is 2.12. The molecule has 19 heavy (non-hydrogen) atoms. The van der Waals surface area contributed by atoms with Gasteiger partial charge in [-0.05, 0) is 54.1 Å². The average Bonchev–Trinajstić information content (AvgIpc) is 2.69. The fourth-order valence-corrected chi connectivity index (χ4v) is 2.01. The lowest BCUT2D eigenvalue weighted by atomic mass is 10.1. The summed E-state index contributed by atoms with van der Waals surface area (Å²) in [7, 11) is 4.23. The van der Waals surface area contributed by atoms with Crippen LogP contribution in [0.2, 0.25) is 0 Å². The smallest absolute Gasteiger partial charge is 0.122 e. The van der Waals surface area contributed by atoms with Crippen molar-refractivity contribution in [3.05, 3.63) is 18.2 Å². The summed E-state index contributed by atoms with van der Waals surface area (Å²) in [6.07, 6.45) is 6.29. The van der Waals surface area contributed by atoms with Gasteiger partial charge in [-0.15, -0.1) is 0 Å².